The van der Waals surface area contributed by atoms with Crippen LogP contribution in [0, 0.1) is 5.41 Å². The molecule has 2 aliphatic rings. The molecule has 21 heavy (non-hydrogen) atoms. The van der Waals surface area contributed by atoms with Crippen molar-refractivity contribution in [3.8, 4) is 0 Å². The van der Waals surface area contributed by atoms with Gasteiger partial charge in [-0.1, -0.05) is 36.9 Å². The van der Waals surface area contributed by atoms with Crippen molar-refractivity contribution >= 4 is 33.4 Å². The number of nitrogens with zero attached hydrogens (tertiary/aromatic N) is 1. The normalized spacial score (nSPS) is 21.5. The van der Waals surface area contributed by atoms with Crippen molar-refractivity contribution in [1.29, 1.82) is 0 Å². The minimum atomic E-state index is 0.0759. The van der Waals surface area contributed by atoms with Crippen LogP contribution >= 0.6 is 27.5 Å². The molecule has 0 unspecified atom stereocenters. The minimum absolute atomic E-state index is 0.0759. The lowest BCUT2D eigenvalue weighted by molar-refractivity contribution is 0.0472. The van der Waals surface area contributed by atoms with Gasteiger partial charge in [0.2, 0.25) is 0 Å². The van der Waals surface area contributed by atoms with Crippen LogP contribution in [-0.2, 0) is 0 Å². The first kappa shape index (κ1) is 15.4. The molecule has 1 spiro atoms. The van der Waals surface area contributed by atoms with Crippen LogP contribution in [-0.4, -0.2) is 23.9 Å². The first-order valence-corrected chi connectivity index (χ1v) is 9.02. The van der Waals surface area contributed by atoms with Crippen molar-refractivity contribution < 1.29 is 4.79 Å². The molecule has 1 saturated heterocycles. The maximum atomic E-state index is 12.7. The van der Waals surface area contributed by atoms with Crippen molar-refractivity contribution in [2.24, 2.45) is 5.41 Å². The summed E-state index contributed by atoms with van der Waals surface area (Å²) in [5, 5.41) is 0.528. The molecule has 0 atom stereocenters. The highest BCUT2D eigenvalue weighted by Crippen LogP contribution is 2.44. The lowest BCUT2D eigenvalue weighted by Gasteiger charge is -2.44. The van der Waals surface area contributed by atoms with E-state index in [-0.39, 0.29) is 5.91 Å². The van der Waals surface area contributed by atoms with E-state index in [0.717, 1.165) is 30.4 Å². The maximum absolute atomic E-state index is 12.7. The number of rotatable bonds is 1. The molecular formula is C17H21BrClNO. The fourth-order valence-corrected chi connectivity index (χ4v) is 4.40. The molecule has 2 fully saturated rings. The summed E-state index contributed by atoms with van der Waals surface area (Å²) in [4.78, 5) is 14.6. The summed E-state index contributed by atoms with van der Waals surface area (Å²) in [6.45, 7) is 1.75. The minimum Gasteiger partial charge on any atom is -0.339 e. The number of benzene rings is 1. The van der Waals surface area contributed by atoms with Crippen LogP contribution in [0.2, 0.25) is 5.02 Å². The monoisotopic (exact) mass is 369 g/mol. The zero-order valence-electron chi connectivity index (χ0n) is 12.2. The summed E-state index contributed by atoms with van der Waals surface area (Å²) in [6, 6.07) is 5.56. The summed E-state index contributed by atoms with van der Waals surface area (Å²) in [6.07, 6.45) is 9.14. The van der Waals surface area contributed by atoms with E-state index < -0.39 is 0 Å². The van der Waals surface area contributed by atoms with Crippen LogP contribution in [0.1, 0.15) is 55.3 Å². The number of halogens is 2. The summed E-state index contributed by atoms with van der Waals surface area (Å²) < 4.78 is 0.788. The molecule has 1 amide bonds. The first-order chi connectivity index (χ1) is 10.1. The predicted octanol–water partition coefficient (Wildman–Crippen LogP) is 5.29. The molecule has 1 aromatic rings. The van der Waals surface area contributed by atoms with E-state index in [4.69, 9.17) is 11.6 Å². The van der Waals surface area contributed by atoms with E-state index in [0.29, 0.717) is 16.0 Å². The Kier molecular flexibility index (Phi) is 4.60. The van der Waals surface area contributed by atoms with Gasteiger partial charge >= 0.3 is 0 Å². The maximum Gasteiger partial charge on any atom is 0.255 e. The van der Waals surface area contributed by atoms with Gasteiger partial charge in [-0.15, -0.1) is 0 Å². The van der Waals surface area contributed by atoms with Gasteiger partial charge in [0, 0.05) is 17.6 Å². The third-order valence-electron chi connectivity index (χ3n) is 5.21. The van der Waals surface area contributed by atoms with Gasteiger partial charge in [-0.05, 0) is 59.2 Å². The Morgan fingerprint density at radius 1 is 1.10 bits per heavy atom. The molecule has 114 valence electrons. The van der Waals surface area contributed by atoms with Crippen molar-refractivity contribution in [2.45, 2.75) is 44.9 Å². The molecule has 1 aromatic carbocycles. The summed E-state index contributed by atoms with van der Waals surface area (Å²) >= 11 is 9.65. The van der Waals surface area contributed by atoms with E-state index in [1.54, 1.807) is 0 Å². The number of hydrogen-bond acceptors (Lipinski definition) is 1. The fraction of sp³-hybridized carbons (Fsp3) is 0.588. The van der Waals surface area contributed by atoms with Gasteiger partial charge in [0.25, 0.3) is 5.91 Å². The van der Waals surface area contributed by atoms with Crippen LogP contribution in [0.25, 0.3) is 0 Å². The number of likely N-dealkylation sites (tertiary alicyclic amines) is 1. The van der Waals surface area contributed by atoms with Crippen LogP contribution in [0.4, 0.5) is 0 Å². The molecule has 4 heteroatoms. The molecule has 0 N–H and O–H groups in total. The Hall–Kier alpha value is -0.540. The van der Waals surface area contributed by atoms with Gasteiger partial charge in [0.1, 0.15) is 0 Å². The van der Waals surface area contributed by atoms with E-state index in [1.807, 2.05) is 23.1 Å². The van der Waals surface area contributed by atoms with Crippen LogP contribution in [0.3, 0.4) is 0 Å². The Bertz CT molecular complexity index is 530. The molecule has 0 bridgehead atoms. The highest BCUT2D eigenvalue weighted by atomic mass is 79.9. The van der Waals surface area contributed by atoms with E-state index >= 15 is 0 Å². The predicted molar refractivity (Wildman–Crippen MR) is 89.8 cm³/mol. The standard InChI is InChI=1S/C17H21BrClNO/c18-14-6-4-5-13(15(14)19)16(21)20-11-9-17(10-12-20)7-2-1-3-8-17/h4-6H,1-3,7-12H2. The third-order valence-corrected chi connectivity index (χ3v) is 6.50. The van der Waals surface area contributed by atoms with E-state index in [9.17, 15) is 4.79 Å². The van der Waals surface area contributed by atoms with Gasteiger partial charge in [0.15, 0.2) is 0 Å². The van der Waals surface area contributed by atoms with E-state index in [1.165, 1.54) is 32.1 Å². The van der Waals surface area contributed by atoms with Crippen LogP contribution in [0.5, 0.6) is 0 Å². The molecule has 0 aromatic heterocycles. The second-order valence-corrected chi connectivity index (χ2v) is 7.69. The molecule has 1 saturated carbocycles. The highest BCUT2D eigenvalue weighted by Gasteiger charge is 2.37. The Labute approximate surface area is 140 Å². The summed E-state index contributed by atoms with van der Waals surface area (Å²) in [7, 11) is 0. The lowest BCUT2D eigenvalue weighted by Crippen LogP contribution is -2.44. The van der Waals surface area contributed by atoms with Crippen molar-refractivity contribution in [3.63, 3.8) is 0 Å². The number of amides is 1. The molecule has 2 nitrogen and oxygen atoms in total. The Morgan fingerprint density at radius 3 is 2.43 bits per heavy atom. The molecule has 1 heterocycles. The fourth-order valence-electron chi connectivity index (χ4n) is 3.83. The third kappa shape index (κ3) is 3.14. The second kappa shape index (κ2) is 6.29. The molecular weight excluding hydrogens is 350 g/mol. The van der Waals surface area contributed by atoms with E-state index in [2.05, 4.69) is 15.9 Å². The van der Waals surface area contributed by atoms with Gasteiger partial charge in [0.05, 0.1) is 10.6 Å². The number of piperidine rings is 1. The molecule has 3 rings (SSSR count). The largest absolute Gasteiger partial charge is 0.339 e. The van der Waals surface area contributed by atoms with Crippen molar-refractivity contribution in [1.82, 2.24) is 4.90 Å². The van der Waals surface area contributed by atoms with Crippen LogP contribution in [0.15, 0.2) is 22.7 Å². The van der Waals surface area contributed by atoms with Gasteiger partial charge in [-0.3, -0.25) is 4.79 Å². The summed E-state index contributed by atoms with van der Waals surface area (Å²) in [5.74, 6) is 0.0759. The quantitative estimate of drug-likeness (QED) is 0.658. The Balaban J connectivity index is 1.69. The molecule has 1 aliphatic carbocycles. The average Bonchev–Trinajstić information content (AvgIpc) is 2.51. The van der Waals surface area contributed by atoms with Gasteiger partial charge in [-0.25, -0.2) is 0 Å². The lowest BCUT2D eigenvalue weighted by atomic mass is 9.68. The molecule has 0 radical (unpaired) electrons. The van der Waals surface area contributed by atoms with Gasteiger partial charge < -0.3 is 4.90 Å². The number of carbonyl (C=O) groups is 1. The molecule has 1 aliphatic heterocycles. The first-order valence-electron chi connectivity index (χ1n) is 7.85. The van der Waals surface area contributed by atoms with Crippen LogP contribution < -0.4 is 0 Å². The highest BCUT2D eigenvalue weighted by molar-refractivity contribution is 9.10. The zero-order chi connectivity index (χ0) is 14.9. The topological polar surface area (TPSA) is 20.3 Å². The second-order valence-electron chi connectivity index (χ2n) is 6.45. The SMILES string of the molecule is O=C(c1cccc(Br)c1Cl)N1CCC2(CCCCC2)CC1. The Morgan fingerprint density at radius 2 is 1.76 bits per heavy atom. The smallest absolute Gasteiger partial charge is 0.255 e. The van der Waals surface area contributed by atoms with Gasteiger partial charge in [-0.2, -0.15) is 0 Å². The number of carbonyl (C=O) groups excluding carboxylic acids is 1. The summed E-state index contributed by atoms with van der Waals surface area (Å²) in [5.41, 5.74) is 1.14. The van der Waals surface area contributed by atoms with Crippen molar-refractivity contribution in [3.05, 3.63) is 33.3 Å². The van der Waals surface area contributed by atoms with Crippen molar-refractivity contribution in [2.75, 3.05) is 13.1 Å². The zero-order valence-corrected chi connectivity index (χ0v) is 14.5. The average molecular weight is 371 g/mol. The number of hydrogen-bond donors (Lipinski definition) is 0.